The highest BCUT2D eigenvalue weighted by molar-refractivity contribution is 7.89. The summed E-state index contributed by atoms with van der Waals surface area (Å²) >= 11 is 6.04. The summed E-state index contributed by atoms with van der Waals surface area (Å²) in [7, 11) is -2.14. The van der Waals surface area contributed by atoms with Gasteiger partial charge in [-0.3, -0.25) is 4.79 Å². The van der Waals surface area contributed by atoms with E-state index in [1.54, 1.807) is 26.2 Å². The number of methoxy groups -OCH3 is 1. The number of sulfonamides is 1. The number of piperidine rings is 1. The number of hydrogen-bond donors (Lipinski definition) is 1. The first-order valence-electron chi connectivity index (χ1n) is 10.7. The molecule has 3 rings (SSSR count). The molecule has 9 heteroatoms. The number of carbonyl (C=O) groups excluding carboxylic acids is 1. The smallest absolute Gasteiger partial charge is 0.246 e. The highest BCUT2D eigenvalue weighted by Gasteiger charge is 2.33. The molecule has 1 amide bonds. The summed E-state index contributed by atoms with van der Waals surface area (Å²) in [5, 5.41) is 3.30. The number of ether oxygens (including phenoxy) is 2. The van der Waals surface area contributed by atoms with E-state index in [0.717, 1.165) is 17.7 Å². The molecular formula is C23H29ClN2O5S. The molecule has 0 aliphatic carbocycles. The van der Waals surface area contributed by atoms with Crippen molar-refractivity contribution >= 4 is 27.5 Å². The first kappa shape index (κ1) is 24.4. The van der Waals surface area contributed by atoms with Crippen LogP contribution in [0.25, 0.3) is 0 Å². The number of carbonyl (C=O) groups is 1. The number of rotatable bonds is 9. The van der Waals surface area contributed by atoms with Crippen LogP contribution in [0.15, 0.2) is 47.4 Å². The fourth-order valence-corrected chi connectivity index (χ4v) is 5.59. The van der Waals surface area contributed by atoms with Crippen molar-refractivity contribution in [2.45, 2.75) is 31.1 Å². The number of nitrogens with zero attached hydrogens (tertiary/aromatic N) is 1. The highest BCUT2D eigenvalue weighted by Crippen LogP contribution is 2.32. The maximum Gasteiger partial charge on any atom is 0.246 e. The molecule has 174 valence electrons. The molecule has 0 bridgehead atoms. The lowest BCUT2D eigenvalue weighted by atomic mass is 9.97. The van der Waals surface area contributed by atoms with Crippen LogP contribution in [0.5, 0.6) is 11.5 Å². The Morgan fingerprint density at radius 2 is 1.84 bits per heavy atom. The third-order valence-corrected chi connectivity index (χ3v) is 7.68. The molecular weight excluding hydrogens is 452 g/mol. The van der Waals surface area contributed by atoms with E-state index in [2.05, 4.69) is 5.32 Å². The van der Waals surface area contributed by atoms with E-state index in [1.807, 2.05) is 24.3 Å². The second kappa shape index (κ2) is 11.0. The zero-order chi connectivity index (χ0) is 23.1. The molecule has 2 aromatic carbocycles. The Kier molecular flexibility index (Phi) is 8.39. The molecule has 0 spiro atoms. The van der Waals surface area contributed by atoms with Crippen LogP contribution in [0, 0.1) is 5.92 Å². The molecule has 2 aromatic rings. The van der Waals surface area contributed by atoms with E-state index in [0.29, 0.717) is 31.0 Å². The first-order valence-corrected chi connectivity index (χ1v) is 12.5. The predicted molar refractivity (Wildman–Crippen MR) is 124 cm³/mol. The molecule has 1 aliphatic rings. The standard InChI is InChI=1S/C23H29ClN2O5S/c1-3-31-21-9-6-19(24)16-22(21)32(28,29)26-14-11-18(12-15-26)23(27)25-13-10-17-4-7-20(30-2)8-5-17/h4-9,16,18H,3,10-15H2,1-2H3,(H,25,27). The number of hydrogen-bond acceptors (Lipinski definition) is 5. The molecule has 0 aromatic heterocycles. The lowest BCUT2D eigenvalue weighted by Crippen LogP contribution is -2.43. The minimum atomic E-state index is -3.76. The van der Waals surface area contributed by atoms with Crippen LogP contribution in [0.4, 0.5) is 0 Å². The van der Waals surface area contributed by atoms with Gasteiger partial charge in [-0.05, 0) is 62.1 Å². The van der Waals surface area contributed by atoms with Gasteiger partial charge in [-0.25, -0.2) is 8.42 Å². The second-order valence-electron chi connectivity index (χ2n) is 7.59. The summed E-state index contributed by atoms with van der Waals surface area (Å²) in [5.74, 6) is 0.845. The highest BCUT2D eigenvalue weighted by atomic mass is 35.5. The van der Waals surface area contributed by atoms with Gasteiger partial charge in [0.15, 0.2) is 0 Å². The van der Waals surface area contributed by atoms with Crippen molar-refractivity contribution in [3.8, 4) is 11.5 Å². The molecule has 0 unspecified atom stereocenters. The number of amides is 1. The van der Waals surface area contributed by atoms with Crippen molar-refractivity contribution in [3.63, 3.8) is 0 Å². The van der Waals surface area contributed by atoms with E-state index in [1.165, 1.54) is 10.4 Å². The van der Waals surface area contributed by atoms with Gasteiger partial charge in [0.25, 0.3) is 0 Å². The average molecular weight is 481 g/mol. The molecule has 0 saturated carbocycles. The normalized spacial score (nSPS) is 15.3. The van der Waals surface area contributed by atoms with Crippen LogP contribution in [-0.4, -0.2) is 52.0 Å². The summed E-state index contributed by atoms with van der Waals surface area (Å²) in [5.41, 5.74) is 1.11. The summed E-state index contributed by atoms with van der Waals surface area (Å²) in [6.45, 7) is 3.23. The molecule has 1 fully saturated rings. The summed E-state index contributed by atoms with van der Waals surface area (Å²) < 4.78 is 38.4. The Labute approximate surface area is 194 Å². The average Bonchev–Trinajstić information content (AvgIpc) is 2.80. The Morgan fingerprint density at radius 3 is 2.47 bits per heavy atom. The van der Waals surface area contributed by atoms with Crippen molar-refractivity contribution in [2.24, 2.45) is 5.92 Å². The van der Waals surface area contributed by atoms with Gasteiger partial charge >= 0.3 is 0 Å². The third kappa shape index (κ3) is 5.94. The molecule has 1 N–H and O–H groups in total. The molecule has 7 nitrogen and oxygen atoms in total. The van der Waals surface area contributed by atoms with Crippen LogP contribution in [-0.2, 0) is 21.2 Å². The fraction of sp³-hybridized carbons (Fsp3) is 0.435. The van der Waals surface area contributed by atoms with Crippen molar-refractivity contribution in [1.82, 2.24) is 9.62 Å². The summed E-state index contributed by atoms with van der Waals surface area (Å²) in [6, 6.07) is 12.3. The van der Waals surface area contributed by atoms with Gasteiger partial charge in [0.1, 0.15) is 16.4 Å². The van der Waals surface area contributed by atoms with Crippen LogP contribution >= 0.6 is 11.6 Å². The molecule has 0 atom stereocenters. The van der Waals surface area contributed by atoms with Crippen molar-refractivity contribution in [3.05, 3.63) is 53.1 Å². The Morgan fingerprint density at radius 1 is 1.16 bits per heavy atom. The SMILES string of the molecule is CCOc1ccc(Cl)cc1S(=O)(=O)N1CCC(C(=O)NCCc2ccc(OC)cc2)CC1. The zero-order valence-electron chi connectivity index (χ0n) is 18.3. The Bertz CT molecular complexity index is 1020. The van der Waals surface area contributed by atoms with Crippen molar-refractivity contribution < 1.29 is 22.7 Å². The van der Waals surface area contributed by atoms with Crippen LogP contribution in [0.1, 0.15) is 25.3 Å². The quantitative estimate of drug-likeness (QED) is 0.593. The largest absolute Gasteiger partial charge is 0.497 e. The lowest BCUT2D eigenvalue weighted by molar-refractivity contribution is -0.126. The van der Waals surface area contributed by atoms with Crippen molar-refractivity contribution in [1.29, 1.82) is 0 Å². The van der Waals surface area contributed by atoms with Gasteiger partial charge in [0.05, 0.1) is 13.7 Å². The topological polar surface area (TPSA) is 84.9 Å². The van der Waals surface area contributed by atoms with Gasteiger partial charge in [-0.15, -0.1) is 0 Å². The van der Waals surface area contributed by atoms with Gasteiger partial charge < -0.3 is 14.8 Å². The van der Waals surface area contributed by atoms with E-state index in [9.17, 15) is 13.2 Å². The predicted octanol–water partition coefficient (Wildman–Crippen LogP) is 3.51. The maximum atomic E-state index is 13.2. The van der Waals surface area contributed by atoms with Crippen LogP contribution < -0.4 is 14.8 Å². The van der Waals surface area contributed by atoms with E-state index in [-0.39, 0.29) is 35.6 Å². The summed E-state index contributed by atoms with van der Waals surface area (Å²) in [4.78, 5) is 12.6. The molecule has 1 saturated heterocycles. The molecule has 1 heterocycles. The molecule has 0 radical (unpaired) electrons. The first-order chi connectivity index (χ1) is 15.3. The zero-order valence-corrected chi connectivity index (χ0v) is 19.9. The van der Waals surface area contributed by atoms with Gasteiger partial charge in [0, 0.05) is 30.6 Å². The van der Waals surface area contributed by atoms with Crippen molar-refractivity contribution in [2.75, 3.05) is 33.4 Å². The minimum absolute atomic E-state index is 0.0340. The summed E-state index contributed by atoms with van der Waals surface area (Å²) in [6.07, 6.45) is 1.66. The van der Waals surface area contributed by atoms with E-state index in [4.69, 9.17) is 21.1 Å². The van der Waals surface area contributed by atoms with Gasteiger partial charge in [0.2, 0.25) is 15.9 Å². The van der Waals surface area contributed by atoms with E-state index >= 15 is 0 Å². The third-order valence-electron chi connectivity index (χ3n) is 5.52. The van der Waals surface area contributed by atoms with Gasteiger partial charge in [-0.1, -0.05) is 23.7 Å². The lowest BCUT2D eigenvalue weighted by Gasteiger charge is -2.31. The maximum absolute atomic E-state index is 13.2. The molecule has 1 aliphatic heterocycles. The van der Waals surface area contributed by atoms with E-state index < -0.39 is 10.0 Å². The number of halogens is 1. The Balaban J connectivity index is 1.53. The number of benzene rings is 2. The van der Waals surface area contributed by atoms with Crippen LogP contribution in [0.3, 0.4) is 0 Å². The second-order valence-corrected chi connectivity index (χ2v) is 9.93. The number of nitrogens with one attached hydrogen (secondary N) is 1. The minimum Gasteiger partial charge on any atom is -0.497 e. The van der Waals surface area contributed by atoms with Gasteiger partial charge in [-0.2, -0.15) is 4.31 Å². The fourth-order valence-electron chi connectivity index (χ4n) is 3.72. The Hall–Kier alpha value is -2.29. The van der Waals surface area contributed by atoms with Crippen LogP contribution in [0.2, 0.25) is 5.02 Å². The monoisotopic (exact) mass is 480 g/mol. The molecule has 32 heavy (non-hydrogen) atoms.